The number of nitrogens with two attached hydrogens (primary N) is 1. The van der Waals surface area contributed by atoms with E-state index in [0.29, 0.717) is 15.9 Å². The van der Waals surface area contributed by atoms with Crippen LogP contribution in [0.4, 0.5) is 5.69 Å². The second-order valence-electron chi connectivity index (χ2n) is 3.78. The Morgan fingerprint density at radius 3 is 3.00 bits per heavy atom. The molecule has 0 spiro atoms. The van der Waals surface area contributed by atoms with Gasteiger partial charge in [0.2, 0.25) is 0 Å². The molecular weight excluding hydrogens is 364 g/mol. The number of nitrogen functional groups attached to an aromatic ring is 1. The summed E-state index contributed by atoms with van der Waals surface area (Å²) in [6.45, 7) is 0.0775. The highest BCUT2D eigenvalue weighted by Gasteiger charge is 2.13. The van der Waals surface area contributed by atoms with E-state index in [9.17, 15) is 14.9 Å². The molecule has 0 aliphatic carbocycles. The molecule has 0 saturated carbocycles. The smallest absolute Gasteiger partial charge is 0.294 e. The van der Waals surface area contributed by atoms with Gasteiger partial charge >= 0.3 is 0 Å². The quantitative estimate of drug-likeness (QED) is 0.358. The van der Waals surface area contributed by atoms with Gasteiger partial charge in [-0.1, -0.05) is 0 Å². The Hall–Kier alpha value is -2.04. The first-order chi connectivity index (χ1) is 10.0. The van der Waals surface area contributed by atoms with Crippen molar-refractivity contribution in [1.29, 1.82) is 0 Å². The number of nitro benzene ring substituents is 1. The van der Waals surface area contributed by atoms with Gasteiger partial charge in [-0.3, -0.25) is 20.3 Å². The summed E-state index contributed by atoms with van der Waals surface area (Å²) in [5.41, 5.74) is 2.43. The number of rotatable bonds is 5. The standard InChI is InChI=1S/C11H9BrN4O4S/c12-8-2-1-7(16(18)19)3-9(8)20-4-6-5-21-11(14-6)10(17)15-13/h1-3,5H,4,13H2,(H,15,17). The second-order valence-corrected chi connectivity index (χ2v) is 5.49. The molecule has 8 nitrogen and oxygen atoms in total. The van der Waals surface area contributed by atoms with E-state index < -0.39 is 10.8 Å². The zero-order chi connectivity index (χ0) is 15.4. The fourth-order valence-corrected chi connectivity index (χ4v) is 2.47. The van der Waals surface area contributed by atoms with Crippen molar-refractivity contribution in [2.24, 2.45) is 5.84 Å². The molecule has 0 radical (unpaired) electrons. The van der Waals surface area contributed by atoms with Crippen LogP contribution in [-0.4, -0.2) is 15.8 Å². The highest BCUT2D eigenvalue weighted by molar-refractivity contribution is 9.10. The molecule has 3 N–H and O–H groups in total. The van der Waals surface area contributed by atoms with Crippen molar-refractivity contribution in [3.05, 3.63) is 48.9 Å². The van der Waals surface area contributed by atoms with Crippen molar-refractivity contribution in [2.45, 2.75) is 6.61 Å². The van der Waals surface area contributed by atoms with E-state index in [1.807, 2.05) is 5.43 Å². The molecule has 0 saturated heterocycles. The highest BCUT2D eigenvalue weighted by Crippen LogP contribution is 2.30. The first kappa shape index (κ1) is 15.4. The van der Waals surface area contributed by atoms with Crippen molar-refractivity contribution >= 4 is 38.9 Å². The van der Waals surface area contributed by atoms with Crippen LogP contribution in [0.15, 0.2) is 28.1 Å². The summed E-state index contributed by atoms with van der Waals surface area (Å²) in [6, 6.07) is 4.20. The second kappa shape index (κ2) is 6.61. The van der Waals surface area contributed by atoms with Crippen LogP contribution in [0.3, 0.4) is 0 Å². The van der Waals surface area contributed by atoms with Crippen LogP contribution in [0.1, 0.15) is 15.5 Å². The third kappa shape index (κ3) is 3.74. The predicted molar refractivity (Wildman–Crippen MR) is 78.9 cm³/mol. The van der Waals surface area contributed by atoms with Gasteiger partial charge in [0.25, 0.3) is 11.6 Å². The summed E-state index contributed by atoms with van der Waals surface area (Å²) in [6.07, 6.45) is 0. The lowest BCUT2D eigenvalue weighted by atomic mass is 10.3. The van der Waals surface area contributed by atoms with Crippen molar-refractivity contribution in [1.82, 2.24) is 10.4 Å². The van der Waals surface area contributed by atoms with Crippen molar-refractivity contribution in [3.8, 4) is 5.75 Å². The number of non-ortho nitro benzene ring substituents is 1. The van der Waals surface area contributed by atoms with Crippen molar-refractivity contribution in [3.63, 3.8) is 0 Å². The number of halogens is 1. The van der Waals surface area contributed by atoms with Gasteiger partial charge < -0.3 is 4.74 Å². The molecule has 2 aromatic rings. The summed E-state index contributed by atoms with van der Waals surface area (Å²) < 4.78 is 6.06. The van der Waals surface area contributed by atoms with E-state index in [4.69, 9.17) is 10.6 Å². The molecule has 1 amide bonds. The van der Waals surface area contributed by atoms with Gasteiger partial charge in [-0.05, 0) is 22.0 Å². The number of nitro groups is 1. The summed E-state index contributed by atoms with van der Waals surface area (Å²) >= 11 is 4.37. The normalized spacial score (nSPS) is 10.2. The molecule has 10 heteroatoms. The number of hydrogen-bond donors (Lipinski definition) is 2. The SMILES string of the molecule is NNC(=O)c1nc(COc2cc([N+](=O)[O-])ccc2Br)cs1. The van der Waals surface area contributed by atoms with Gasteiger partial charge in [0.1, 0.15) is 12.4 Å². The zero-order valence-electron chi connectivity index (χ0n) is 10.4. The fraction of sp³-hybridized carbons (Fsp3) is 0.0909. The minimum atomic E-state index is -0.508. The summed E-state index contributed by atoms with van der Waals surface area (Å²) in [4.78, 5) is 25.5. The maximum atomic E-state index is 11.3. The average Bonchev–Trinajstić information content (AvgIpc) is 2.94. The van der Waals surface area contributed by atoms with Crippen LogP contribution in [0.5, 0.6) is 5.75 Å². The molecular formula is C11H9BrN4O4S. The third-order valence-electron chi connectivity index (χ3n) is 2.38. The van der Waals surface area contributed by atoms with Gasteiger partial charge in [0, 0.05) is 11.4 Å². The molecule has 1 aromatic heterocycles. The van der Waals surface area contributed by atoms with Gasteiger partial charge in [-0.2, -0.15) is 0 Å². The van der Waals surface area contributed by atoms with Crippen molar-refractivity contribution < 1.29 is 14.5 Å². The molecule has 0 bridgehead atoms. The molecule has 0 unspecified atom stereocenters. The Balaban J connectivity index is 2.09. The Morgan fingerprint density at radius 2 is 2.33 bits per heavy atom. The van der Waals surface area contributed by atoms with E-state index in [1.54, 1.807) is 5.38 Å². The number of carbonyl (C=O) groups excluding carboxylic acids is 1. The lowest BCUT2D eigenvalue weighted by molar-refractivity contribution is -0.385. The maximum Gasteiger partial charge on any atom is 0.294 e. The van der Waals surface area contributed by atoms with Crippen LogP contribution in [-0.2, 0) is 6.61 Å². The van der Waals surface area contributed by atoms with Gasteiger partial charge in [0.15, 0.2) is 5.01 Å². The number of ether oxygens (including phenoxy) is 1. The lowest BCUT2D eigenvalue weighted by Gasteiger charge is -2.06. The number of hydrogen-bond acceptors (Lipinski definition) is 7. The topological polar surface area (TPSA) is 120 Å². The molecule has 2 rings (SSSR count). The molecule has 0 aliphatic heterocycles. The first-order valence-electron chi connectivity index (χ1n) is 5.53. The Bertz CT molecular complexity index is 691. The van der Waals surface area contributed by atoms with E-state index in [0.717, 1.165) is 11.3 Å². The van der Waals surface area contributed by atoms with E-state index in [-0.39, 0.29) is 17.3 Å². The van der Waals surface area contributed by atoms with Gasteiger partial charge in [-0.15, -0.1) is 11.3 Å². The van der Waals surface area contributed by atoms with Gasteiger partial charge in [0.05, 0.1) is 21.2 Å². The first-order valence-corrected chi connectivity index (χ1v) is 7.20. The van der Waals surface area contributed by atoms with Gasteiger partial charge in [-0.25, -0.2) is 10.8 Å². The molecule has 0 atom stereocenters. The lowest BCUT2D eigenvalue weighted by Crippen LogP contribution is -2.29. The number of benzene rings is 1. The molecule has 110 valence electrons. The number of hydrazine groups is 1. The van der Waals surface area contributed by atoms with Crippen LogP contribution < -0.4 is 16.0 Å². The number of carbonyl (C=O) groups is 1. The minimum Gasteiger partial charge on any atom is -0.486 e. The largest absolute Gasteiger partial charge is 0.486 e. The van der Waals surface area contributed by atoms with E-state index in [1.165, 1.54) is 18.2 Å². The fourth-order valence-electron chi connectivity index (χ4n) is 1.41. The van der Waals surface area contributed by atoms with E-state index in [2.05, 4.69) is 20.9 Å². The molecule has 0 fully saturated rings. The average molecular weight is 373 g/mol. The summed E-state index contributed by atoms with van der Waals surface area (Å²) in [5.74, 6) is 4.85. The molecule has 21 heavy (non-hydrogen) atoms. The third-order valence-corrected chi connectivity index (χ3v) is 3.92. The Morgan fingerprint density at radius 1 is 1.57 bits per heavy atom. The number of aromatic nitrogens is 1. The summed E-state index contributed by atoms with van der Waals surface area (Å²) in [7, 11) is 0. The molecule has 1 heterocycles. The van der Waals surface area contributed by atoms with Crippen molar-refractivity contribution in [2.75, 3.05) is 0 Å². The monoisotopic (exact) mass is 372 g/mol. The number of nitrogens with zero attached hydrogens (tertiary/aromatic N) is 2. The van der Waals surface area contributed by atoms with Crippen LogP contribution in [0, 0.1) is 10.1 Å². The van der Waals surface area contributed by atoms with Crippen LogP contribution in [0.2, 0.25) is 0 Å². The number of thiazole rings is 1. The van der Waals surface area contributed by atoms with E-state index >= 15 is 0 Å². The maximum absolute atomic E-state index is 11.3. The summed E-state index contributed by atoms with van der Waals surface area (Å²) in [5, 5.41) is 12.6. The predicted octanol–water partition coefficient (Wildman–Crippen LogP) is 2.00. The number of amides is 1. The molecule has 0 aliphatic rings. The van der Waals surface area contributed by atoms with Crippen LogP contribution >= 0.6 is 27.3 Å². The Kier molecular flexibility index (Phi) is 4.83. The minimum absolute atomic E-state index is 0.0744. The van der Waals surface area contributed by atoms with Crippen LogP contribution in [0.25, 0.3) is 0 Å². The molecule has 1 aromatic carbocycles. The highest BCUT2D eigenvalue weighted by atomic mass is 79.9. The number of nitrogens with one attached hydrogen (secondary N) is 1. The Labute approximate surface area is 131 Å². The zero-order valence-corrected chi connectivity index (χ0v) is 12.8.